The van der Waals surface area contributed by atoms with Gasteiger partial charge in [0.15, 0.2) is 11.4 Å². The molecule has 6 heteroatoms. The van der Waals surface area contributed by atoms with Crippen LogP contribution in [0, 0.1) is 0 Å². The van der Waals surface area contributed by atoms with Gasteiger partial charge in [-0.2, -0.15) is 0 Å². The van der Waals surface area contributed by atoms with Crippen molar-refractivity contribution in [3.05, 3.63) is 36.4 Å². The van der Waals surface area contributed by atoms with Crippen LogP contribution in [0.3, 0.4) is 0 Å². The molecule has 116 valence electrons. The largest absolute Gasteiger partial charge is 0.494 e. The molecule has 0 fully saturated rings. The van der Waals surface area contributed by atoms with Crippen molar-refractivity contribution in [1.82, 2.24) is 0 Å². The Bertz CT molecular complexity index is 569. The lowest BCUT2D eigenvalue weighted by molar-refractivity contribution is 0.393. The lowest BCUT2D eigenvalue weighted by Gasteiger charge is -2.10. The quantitative estimate of drug-likeness (QED) is 0.752. The van der Waals surface area contributed by atoms with E-state index in [2.05, 4.69) is 10.2 Å². The number of ether oxygens (including phenoxy) is 4. The molecule has 0 aliphatic heterocycles. The third-order valence-electron chi connectivity index (χ3n) is 3.05. The van der Waals surface area contributed by atoms with Crippen molar-refractivity contribution in [2.24, 2.45) is 10.2 Å². The van der Waals surface area contributed by atoms with Crippen molar-refractivity contribution in [2.45, 2.75) is 0 Å². The molecule has 0 atom stereocenters. The van der Waals surface area contributed by atoms with E-state index >= 15 is 0 Å². The zero-order chi connectivity index (χ0) is 15.9. The number of rotatable bonds is 6. The van der Waals surface area contributed by atoms with Crippen LogP contribution in [0.4, 0.5) is 11.4 Å². The summed E-state index contributed by atoms with van der Waals surface area (Å²) < 4.78 is 21.2. The number of benzene rings is 2. The summed E-state index contributed by atoms with van der Waals surface area (Å²) in [4.78, 5) is 0. The van der Waals surface area contributed by atoms with Crippen molar-refractivity contribution in [3.63, 3.8) is 0 Å². The molecule has 0 aromatic heterocycles. The van der Waals surface area contributed by atoms with Gasteiger partial charge in [0.05, 0.1) is 28.4 Å². The lowest BCUT2D eigenvalue weighted by Crippen LogP contribution is -1.89. The molecule has 0 spiro atoms. The van der Waals surface area contributed by atoms with Gasteiger partial charge in [-0.3, -0.25) is 0 Å². The number of hydrogen-bond acceptors (Lipinski definition) is 6. The van der Waals surface area contributed by atoms with Crippen LogP contribution in [0.15, 0.2) is 46.6 Å². The molecule has 2 rings (SSSR count). The van der Waals surface area contributed by atoms with Gasteiger partial charge in [-0.15, -0.1) is 10.2 Å². The molecule has 0 amide bonds. The third-order valence-corrected chi connectivity index (χ3v) is 3.05. The van der Waals surface area contributed by atoms with Crippen LogP contribution in [0.5, 0.6) is 23.0 Å². The van der Waals surface area contributed by atoms with Crippen LogP contribution in [0.2, 0.25) is 0 Å². The van der Waals surface area contributed by atoms with Crippen molar-refractivity contribution < 1.29 is 18.9 Å². The van der Waals surface area contributed by atoms with Gasteiger partial charge in [-0.1, -0.05) is 12.1 Å². The fraction of sp³-hybridized carbons (Fsp3) is 0.250. The number of methoxy groups -OCH3 is 4. The van der Waals surface area contributed by atoms with E-state index < -0.39 is 0 Å². The molecule has 0 unspecified atom stereocenters. The summed E-state index contributed by atoms with van der Waals surface area (Å²) in [7, 11) is 6.27. The number of nitrogens with zero attached hydrogens (tertiary/aromatic N) is 2. The average molecular weight is 302 g/mol. The van der Waals surface area contributed by atoms with Crippen molar-refractivity contribution in [2.75, 3.05) is 28.4 Å². The maximum atomic E-state index is 5.29. The summed E-state index contributed by atoms with van der Waals surface area (Å²) in [6.07, 6.45) is 0. The second-order valence-electron chi connectivity index (χ2n) is 4.22. The lowest BCUT2D eigenvalue weighted by atomic mass is 10.2. The second-order valence-corrected chi connectivity index (χ2v) is 4.22. The van der Waals surface area contributed by atoms with E-state index in [9.17, 15) is 0 Å². The van der Waals surface area contributed by atoms with E-state index in [1.165, 1.54) is 0 Å². The second kappa shape index (κ2) is 7.31. The van der Waals surface area contributed by atoms with Gasteiger partial charge in [0, 0.05) is 0 Å². The van der Waals surface area contributed by atoms with Gasteiger partial charge in [0.2, 0.25) is 0 Å². The average Bonchev–Trinajstić information content (AvgIpc) is 2.58. The van der Waals surface area contributed by atoms with Gasteiger partial charge in [0.1, 0.15) is 23.0 Å². The van der Waals surface area contributed by atoms with Crippen LogP contribution in [-0.2, 0) is 0 Å². The standard InChI is InChI=1S/C16H18N2O4/c1-19-11-7-5-8-12(20-2)15(11)17-18-16-13(21-3)9-6-10-14(16)22-4/h5-10H,1-4H3. The molecule has 22 heavy (non-hydrogen) atoms. The van der Waals surface area contributed by atoms with E-state index in [1.807, 2.05) is 12.1 Å². The molecule has 0 radical (unpaired) electrons. The van der Waals surface area contributed by atoms with Crippen LogP contribution in [0.1, 0.15) is 0 Å². The van der Waals surface area contributed by atoms with Crippen molar-refractivity contribution >= 4 is 11.4 Å². The third kappa shape index (κ3) is 3.11. The maximum absolute atomic E-state index is 5.29. The van der Waals surface area contributed by atoms with Crippen molar-refractivity contribution in [3.8, 4) is 23.0 Å². The Morgan fingerprint density at radius 2 is 0.818 bits per heavy atom. The summed E-state index contributed by atoms with van der Waals surface area (Å²) in [6.45, 7) is 0. The van der Waals surface area contributed by atoms with Gasteiger partial charge in [0.25, 0.3) is 0 Å². The Balaban J connectivity index is 2.49. The molecular formula is C16H18N2O4. The summed E-state index contributed by atoms with van der Waals surface area (Å²) in [5.41, 5.74) is 1.00. The van der Waals surface area contributed by atoms with Crippen LogP contribution in [0.25, 0.3) is 0 Å². The SMILES string of the molecule is COc1cccc(OC)c1N=Nc1c(OC)cccc1OC. The highest BCUT2D eigenvalue weighted by Gasteiger charge is 2.12. The molecule has 0 saturated heterocycles. The fourth-order valence-electron chi connectivity index (χ4n) is 1.96. The molecule has 0 N–H and O–H groups in total. The summed E-state index contributed by atoms with van der Waals surface area (Å²) in [5, 5.41) is 8.50. The number of azo groups is 1. The minimum atomic E-state index is 0.500. The highest BCUT2D eigenvalue weighted by atomic mass is 16.5. The van der Waals surface area contributed by atoms with Crippen LogP contribution in [-0.4, -0.2) is 28.4 Å². The molecule has 2 aromatic rings. The minimum absolute atomic E-state index is 0.500. The van der Waals surface area contributed by atoms with E-state index in [1.54, 1.807) is 52.7 Å². The normalized spacial score (nSPS) is 10.5. The monoisotopic (exact) mass is 302 g/mol. The molecule has 6 nitrogen and oxygen atoms in total. The Hall–Kier alpha value is -2.76. The van der Waals surface area contributed by atoms with E-state index in [4.69, 9.17) is 18.9 Å². The Morgan fingerprint density at radius 1 is 0.545 bits per heavy atom. The first-order valence-corrected chi connectivity index (χ1v) is 6.58. The molecule has 0 aliphatic rings. The number of hydrogen-bond donors (Lipinski definition) is 0. The van der Waals surface area contributed by atoms with Crippen LogP contribution < -0.4 is 18.9 Å². The van der Waals surface area contributed by atoms with Crippen molar-refractivity contribution in [1.29, 1.82) is 0 Å². The van der Waals surface area contributed by atoms with E-state index in [-0.39, 0.29) is 0 Å². The zero-order valence-corrected chi connectivity index (χ0v) is 13.0. The van der Waals surface area contributed by atoms with Crippen LogP contribution >= 0.6 is 0 Å². The summed E-state index contributed by atoms with van der Waals surface area (Å²) in [6, 6.07) is 10.8. The predicted octanol–water partition coefficient (Wildman–Crippen LogP) is 4.14. The molecule has 0 aliphatic carbocycles. The molecule has 2 aromatic carbocycles. The first kappa shape index (κ1) is 15.6. The minimum Gasteiger partial charge on any atom is -0.494 e. The summed E-state index contributed by atoms with van der Waals surface area (Å²) >= 11 is 0. The van der Waals surface area contributed by atoms with Gasteiger partial charge < -0.3 is 18.9 Å². The Labute approximate surface area is 129 Å². The molecular weight excluding hydrogens is 284 g/mol. The first-order chi connectivity index (χ1) is 10.7. The molecule has 0 heterocycles. The molecule has 0 saturated carbocycles. The van der Waals surface area contributed by atoms with Gasteiger partial charge >= 0.3 is 0 Å². The topological polar surface area (TPSA) is 61.6 Å². The summed E-state index contributed by atoms with van der Waals surface area (Å²) in [5.74, 6) is 2.27. The van der Waals surface area contributed by atoms with Gasteiger partial charge in [-0.25, -0.2) is 0 Å². The Kier molecular flexibility index (Phi) is 5.19. The van der Waals surface area contributed by atoms with E-state index in [0.29, 0.717) is 34.4 Å². The molecule has 0 bridgehead atoms. The highest BCUT2D eigenvalue weighted by molar-refractivity contribution is 5.64. The predicted molar refractivity (Wildman–Crippen MR) is 83.3 cm³/mol. The highest BCUT2D eigenvalue weighted by Crippen LogP contribution is 2.41. The maximum Gasteiger partial charge on any atom is 0.169 e. The fourth-order valence-corrected chi connectivity index (χ4v) is 1.96. The van der Waals surface area contributed by atoms with E-state index in [0.717, 1.165) is 0 Å². The smallest absolute Gasteiger partial charge is 0.169 e. The zero-order valence-electron chi connectivity index (χ0n) is 13.0. The van der Waals surface area contributed by atoms with Gasteiger partial charge in [-0.05, 0) is 24.3 Å². The first-order valence-electron chi connectivity index (χ1n) is 6.58. The Morgan fingerprint density at radius 3 is 1.05 bits per heavy atom.